The van der Waals surface area contributed by atoms with Gasteiger partial charge in [0.15, 0.2) is 0 Å². The smallest absolute Gasteiger partial charge is 0.311 e. The van der Waals surface area contributed by atoms with E-state index in [9.17, 15) is 9.90 Å². The van der Waals surface area contributed by atoms with Gasteiger partial charge in [0.1, 0.15) is 5.75 Å². The monoisotopic (exact) mass is 248 g/mol. The Morgan fingerprint density at radius 1 is 1.44 bits per heavy atom. The molecule has 98 valence electrons. The Morgan fingerprint density at radius 2 is 2.11 bits per heavy atom. The molecule has 1 atom stereocenters. The third-order valence-electron chi connectivity index (χ3n) is 3.81. The van der Waals surface area contributed by atoms with E-state index < -0.39 is 5.41 Å². The summed E-state index contributed by atoms with van der Waals surface area (Å²) in [6, 6.07) is 7.22. The van der Waals surface area contributed by atoms with E-state index in [2.05, 4.69) is 0 Å². The van der Waals surface area contributed by atoms with Gasteiger partial charge < -0.3 is 9.84 Å². The minimum atomic E-state index is -0.566. The number of methoxy groups -OCH3 is 1. The number of phenols is 1. The highest BCUT2D eigenvalue weighted by atomic mass is 16.5. The topological polar surface area (TPSA) is 46.5 Å². The van der Waals surface area contributed by atoms with Gasteiger partial charge in [-0.1, -0.05) is 12.1 Å². The van der Waals surface area contributed by atoms with Gasteiger partial charge in [-0.15, -0.1) is 0 Å². The minimum absolute atomic E-state index is 0.108. The fourth-order valence-corrected chi connectivity index (χ4v) is 2.82. The maximum absolute atomic E-state index is 12.0. The van der Waals surface area contributed by atoms with Gasteiger partial charge in [0, 0.05) is 5.92 Å². The summed E-state index contributed by atoms with van der Waals surface area (Å²) in [6.45, 7) is 3.84. The summed E-state index contributed by atoms with van der Waals surface area (Å²) in [5, 5.41) is 9.61. The van der Waals surface area contributed by atoms with Crippen LogP contribution in [-0.2, 0) is 9.53 Å². The van der Waals surface area contributed by atoms with Crippen molar-refractivity contribution in [1.29, 1.82) is 0 Å². The van der Waals surface area contributed by atoms with Gasteiger partial charge in [-0.2, -0.15) is 0 Å². The molecule has 1 unspecified atom stereocenters. The molecule has 0 amide bonds. The van der Waals surface area contributed by atoms with Crippen molar-refractivity contribution in [1.82, 2.24) is 0 Å². The first-order valence-electron chi connectivity index (χ1n) is 6.34. The molecule has 1 aromatic carbocycles. The van der Waals surface area contributed by atoms with Crippen molar-refractivity contribution in [3.05, 3.63) is 29.8 Å². The molecule has 0 saturated heterocycles. The van der Waals surface area contributed by atoms with Crippen LogP contribution >= 0.6 is 0 Å². The van der Waals surface area contributed by atoms with Gasteiger partial charge in [0.2, 0.25) is 0 Å². The first-order valence-corrected chi connectivity index (χ1v) is 6.34. The van der Waals surface area contributed by atoms with Crippen LogP contribution in [0.15, 0.2) is 24.3 Å². The molecule has 0 spiro atoms. The summed E-state index contributed by atoms with van der Waals surface area (Å²) in [4.78, 5) is 12.0. The third-order valence-corrected chi connectivity index (χ3v) is 3.81. The number of benzene rings is 1. The van der Waals surface area contributed by atoms with Crippen LogP contribution in [0.3, 0.4) is 0 Å². The van der Waals surface area contributed by atoms with E-state index >= 15 is 0 Å². The Kier molecular flexibility index (Phi) is 3.33. The summed E-state index contributed by atoms with van der Waals surface area (Å²) in [6.07, 6.45) is 2.28. The summed E-state index contributed by atoms with van der Waals surface area (Å²) >= 11 is 0. The van der Waals surface area contributed by atoms with E-state index in [0.29, 0.717) is 5.92 Å². The first-order chi connectivity index (χ1) is 8.46. The Labute approximate surface area is 108 Å². The molecule has 1 aliphatic rings. The second-order valence-electron chi connectivity index (χ2n) is 5.62. The zero-order valence-corrected chi connectivity index (χ0v) is 11.1. The molecule has 1 fully saturated rings. The van der Waals surface area contributed by atoms with Crippen LogP contribution in [0.4, 0.5) is 0 Å². The Hall–Kier alpha value is -1.51. The summed E-state index contributed by atoms with van der Waals surface area (Å²) < 4.78 is 4.92. The molecule has 3 heteroatoms. The number of carbonyl (C=O) groups excluding carboxylic acids is 1. The zero-order valence-electron chi connectivity index (χ0n) is 11.1. The van der Waals surface area contributed by atoms with Crippen molar-refractivity contribution in [3.63, 3.8) is 0 Å². The van der Waals surface area contributed by atoms with E-state index in [0.717, 1.165) is 18.4 Å². The van der Waals surface area contributed by atoms with Crippen molar-refractivity contribution < 1.29 is 14.6 Å². The van der Waals surface area contributed by atoms with E-state index in [-0.39, 0.29) is 17.6 Å². The predicted molar refractivity (Wildman–Crippen MR) is 69.4 cm³/mol. The number of carbonyl (C=O) groups is 1. The molecule has 0 heterocycles. The highest BCUT2D eigenvalue weighted by Gasteiger charge is 2.46. The summed E-state index contributed by atoms with van der Waals surface area (Å²) in [5.41, 5.74) is 0.455. The van der Waals surface area contributed by atoms with Gasteiger partial charge in [-0.05, 0) is 50.3 Å². The number of phenolic OH excluding ortho intramolecular Hbond substituents is 1. The quantitative estimate of drug-likeness (QED) is 0.833. The van der Waals surface area contributed by atoms with Crippen molar-refractivity contribution in [2.45, 2.75) is 32.6 Å². The zero-order chi connectivity index (χ0) is 13.3. The molecule has 0 bridgehead atoms. The van der Waals surface area contributed by atoms with Crippen molar-refractivity contribution in [3.8, 4) is 5.75 Å². The van der Waals surface area contributed by atoms with E-state index in [1.807, 2.05) is 26.0 Å². The number of hydrogen-bond donors (Lipinski definition) is 1. The number of aromatic hydroxyl groups is 1. The van der Waals surface area contributed by atoms with E-state index in [1.165, 1.54) is 7.11 Å². The number of hydrogen-bond acceptors (Lipinski definition) is 3. The Balaban J connectivity index is 2.37. The second kappa shape index (κ2) is 4.63. The minimum Gasteiger partial charge on any atom is -0.508 e. The lowest BCUT2D eigenvalue weighted by Gasteiger charge is -2.32. The number of esters is 1. The van der Waals surface area contributed by atoms with Crippen LogP contribution in [0.2, 0.25) is 0 Å². The second-order valence-corrected chi connectivity index (χ2v) is 5.62. The normalized spacial score (nSPS) is 17.3. The molecule has 18 heavy (non-hydrogen) atoms. The third kappa shape index (κ3) is 2.35. The highest BCUT2D eigenvalue weighted by molar-refractivity contribution is 5.77. The molecule has 0 radical (unpaired) electrons. The van der Waals surface area contributed by atoms with Gasteiger partial charge in [-0.25, -0.2) is 0 Å². The summed E-state index contributed by atoms with van der Waals surface area (Å²) in [7, 11) is 1.43. The van der Waals surface area contributed by atoms with Gasteiger partial charge >= 0.3 is 5.97 Å². The lowest BCUT2D eigenvalue weighted by Crippen LogP contribution is -2.33. The largest absolute Gasteiger partial charge is 0.508 e. The van der Waals surface area contributed by atoms with Crippen LogP contribution in [0.25, 0.3) is 0 Å². The Bertz CT molecular complexity index is 447. The molecule has 0 aromatic heterocycles. The maximum atomic E-state index is 12.0. The molecule has 3 nitrogen and oxygen atoms in total. The fourth-order valence-electron chi connectivity index (χ4n) is 2.82. The molecule has 2 rings (SSSR count). The lowest BCUT2D eigenvalue weighted by molar-refractivity contribution is -0.152. The Morgan fingerprint density at radius 3 is 2.61 bits per heavy atom. The van der Waals surface area contributed by atoms with Crippen molar-refractivity contribution >= 4 is 5.97 Å². The van der Waals surface area contributed by atoms with Crippen LogP contribution in [0.1, 0.15) is 38.2 Å². The highest BCUT2D eigenvalue weighted by Crippen LogP contribution is 2.52. The average molecular weight is 248 g/mol. The molecular weight excluding hydrogens is 228 g/mol. The maximum Gasteiger partial charge on any atom is 0.311 e. The van der Waals surface area contributed by atoms with Crippen LogP contribution in [0.5, 0.6) is 5.75 Å². The number of ether oxygens (including phenoxy) is 1. The molecular formula is C15H20O3. The molecule has 1 aromatic rings. The molecule has 1 N–H and O–H groups in total. The van der Waals surface area contributed by atoms with Gasteiger partial charge in [0.25, 0.3) is 0 Å². The van der Waals surface area contributed by atoms with E-state index in [4.69, 9.17) is 4.74 Å². The molecule has 0 aliphatic heterocycles. The molecule has 1 aliphatic carbocycles. The fraction of sp³-hybridized carbons (Fsp3) is 0.533. The van der Waals surface area contributed by atoms with E-state index in [1.54, 1.807) is 12.1 Å². The van der Waals surface area contributed by atoms with Crippen LogP contribution < -0.4 is 0 Å². The van der Waals surface area contributed by atoms with Crippen molar-refractivity contribution in [2.75, 3.05) is 7.11 Å². The standard InChI is InChI=1S/C15H20O3/c1-15(2,14(17)18-3)13(10-7-8-10)11-5-4-6-12(16)9-11/h4-6,9-10,13,16H,7-8H2,1-3H3. The average Bonchev–Trinajstić information content (AvgIpc) is 3.12. The predicted octanol–water partition coefficient (Wildman–Crippen LogP) is 3.09. The van der Waals surface area contributed by atoms with Gasteiger partial charge in [0.05, 0.1) is 12.5 Å². The number of rotatable bonds is 4. The van der Waals surface area contributed by atoms with Crippen LogP contribution in [0, 0.1) is 11.3 Å². The molecule has 1 saturated carbocycles. The van der Waals surface area contributed by atoms with Gasteiger partial charge in [-0.3, -0.25) is 4.79 Å². The van der Waals surface area contributed by atoms with Crippen LogP contribution in [-0.4, -0.2) is 18.2 Å². The SMILES string of the molecule is COC(=O)C(C)(C)C(c1cccc(O)c1)C1CC1. The summed E-state index contributed by atoms with van der Waals surface area (Å²) in [5.74, 6) is 0.680. The first kappa shape index (κ1) is 12.9. The lowest BCUT2D eigenvalue weighted by atomic mass is 9.72. The van der Waals surface area contributed by atoms with Crippen molar-refractivity contribution in [2.24, 2.45) is 11.3 Å².